The van der Waals surface area contributed by atoms with Crippen molar-refractivity contribution in [3.8, 4) is 11.5 Å². The summed E-state index contributed by atoms with van der Waals surface area (Å²) in [6, 6.07) is 15.0. The summed E-state index contributed by atoms with van der Waals surface area (Å²) in [5.41, 5.74) is 4.88. The van der Waals surface area contributed by atoms with Crippen LogP contribution < -0.4 is 20.1 Å². The van der Waals surface area contributed by atoms with E-state index in [9.17, 15) is 9.59 Å². The van der Waals surface area contributed by atoms with Crippen molar-refractivity contribution in [2.45, 2.75) is 33.4 Å². The lowest BCUT2D eigenvalue weighted by molar-refractivity contribution is -0.117. The van der Waals surface area contributed by atoms with Gasteiger partial charge in [0.15, 0.2) is 0 Å². The Hall–Kier alpha value is -4.23. The van der Waals surface area contributed by atoms with E-state index >= 15 is 0 Å². The maximum absolute atomic E-state index is 12.7. The number of hydrogen-bond donors (Lipinski definition) is 2. The fourth-order valence-electron chi connectivity index (χ4n) is 3.99. The molecule has 8 heteroatoms. The van der Waals surface area contributed by atoms with E-state index in [2.05, 4.69) is 10.6 Å². The largest absolute Gasteiger partial charge is 0.497 e. The van der Waals surface area contributed by atoms with Crippen LogP contribution >= 0.6 is 11.6 Å². The monoisotopic (exact) mass is 562 g/mol. The van der Waals surface area contributed by atoms with Crippen LogP contribution in [-0.2, 0) is 27.4 Å². The lowest BCUT2D eigenvalue weighted by atomic mass is 9.98. The molecule has 0 saturated carbocycles. The number of ether oxygens (including phenoxy) is 3. The van der Waals surface area contributed by atoms with Gasteiger partial charge >= 0.3 is 0 Å². The molecule has 0 unspecified atom stereocenters. The van der Waals surface area contributed by atoms with E-state index in [0.29, 0.717) is 41.4 Å². The molecule has 2 aromatic rings. The molecule has 1 aliphatic rings. The topological polar surface area (TPSA) is 85.9 Å². The molecule has 0 heterocycles. The van der Waals surface area contributed by atoms with Gasteiger partial charge in [-0.1, -0.05) is 35.9 Å². The minimum absolute atomic E-state index is 0.212. The van der Waals surface area contributed by atoms with E-state index in [1.54, 1.807) is 27.4 Å². The van der Waals surface area contributed by atoms with Crippen LogP contribution in [0.1, 0.15) is 31.4 Å². The number of rotatable bonds is 11. The maximum atomic E-state index is 12.7. The smallest absolute Gasteiger partial charge is 0.244 e. The molecule has 0 saturated heterocycles. The summed E-state index contributed by atoms with van der Waals surface area (Å²) in [6.07, 6.45) is 7.34. The van der Waals surface area contributed by atoms with Gasteiger partial charge in [0.25, 0.3) is 0 Å². The lowest BCUT2D eigenvalue weighted by Gasteiger charge is -2.11. The highest BCUT2D eigenvalue weighted by Crippen LogP contribution is 2.33. The minimum atomic E-state index is -0.252. The minimum Gasteiger partial charge on any atom is -0.497 e. The van der Waals surface area contributed by atoms with Gasteiger partial charge in [-0.05, 0) is 84.5 Å². The van der Waals surface area contributed by atoms with E-state index in [-0.39, 0.29) is 11.8 Å². The third-order valence-electron chi connectivity index (χ3n) is 6.38. The number of carbonyl (C=O) groups excluding carboxylic acids is 2. The van der Waals surface area contributed by atoms with Crippen molar-refractivity contribution in [3.63, 3.8) is 0 Å². The molecule has 0 aliphatic heterocycles. The molecule has 2 N–H and O–H groups in total. The van der Waals surface area contributed by atoms with Crippen LogP contribution in [-0.4, -0.2) is 33.1 Å². The fourth-order valence-corrected chi connectivity index (χ4v) is 4.35. The second kappa shape index (κ2) is 14.8. The summed E-state index contributed by atoms with van der Waals surface area (Å²) < 4.78 is 15.8. The normalized spacial score (nSPS) is 14.1. The summed E-state index contributed by atoms with van der Waals surface area (Å²) in [5.74, 6) is 1.56. The molecular weight excluding hydrogens is 528 g/mol. The fraction of sp³-hybridized carbons (Fsp3) is 0.250. The van der Waals surface area contributed by atoms with Crippen LogP contribution in [0.15, 0.2) is 106 Å². The number of halogens is 1. The van der Waals surface area contributed by atoms with Crippen LogP contribution in [0.5, 0.6) is 11.5 Å². The second-order valence-corrected chi connectivity index (χ2v) is 9.54. The number of carbonyl (C=O) groups is 2. The number of benzene rings is 2. The van der Waals surface area contributed by atoms with Gasteiger partial charge in [0.2, 0.25) is 11.8 Å². The third kappa shape index (κ3) is 8.64. The SMILES string of the molecule is COC1=CCC(/C(C)=C\C(=O)NCc2ccc(OC)cc2)=CC(/C(C)=C\C(=O)NCc2ccc(OC)cc2)=C1Cl. The van der Waals surface area contributed by atoms with Crippen LogP contribution in [0, 0.1) is 0 Å². The first-order chi connectivity index (χ1) is 19.2. The van der Waals surface area contributed by atoms with E-state index in [0.717, 1.165) is 33.8 Å². The molecule has 3 rings (SSSR count). The second-order valence-electron chi connectivity index (χ2n) is 9.16. The molecule has 0 spiro atoms. The Balaban J connectivity index is 1.73. The third-order valence-corrected chi connectivity index (χ3v) is 6.77. The van der Waals surface area contributed by atoms with Gasteiger partial charge in [-0.3, -0.25) is 9.59 Å². The van der Waals surface area contributed by atoms with Gasteiger partial charge in [0.05, 0.1) is 26.4 Å². The average Bonchev–Trinajstić information content (AvgIpc) is 3.14. The van der Waals surface area contributed by atoms with Crippen LogP contribution in [0.25, 0.3) is 0 Å². The van der Waals surface area contributed by atoms with Crippen LogP contribution in [0.2, 0.25) is 0 Å². The van der Waals surface area contributed by atoms with Crippen molar-refractivity contribution in [1.29, 1.82) is 0 Å². The first-order valence-corrected chi connectivity index (χ1v) is 13.2. The Morgan fingerprint density at radius 3 is 1.70 bits per heavy atom. The molecule has 0 radical (unpaired) electrons. The quantitative estimate of drug-likeness (QED) is 0.334. The predicted molar refractivity (Wildman–Crippen MR) is 158 cm³/mol. The lowest BCUT2D eigenvalue weighted by Crippen LogP contribution is -2.21. The van der Waals surface area contributed by atoms with Crippen molar-refractivity contribution < 1.29 is 23.8 Å². The first-order valence-electron chi connectivity index (χ1n) is 12.8. The Kier molecular flexibility index (Phi) is 11.2. The summed E-state index contributed by atoms with van der Waals surface area (Å²) in [6.45, 7) is 4.45. The zero-order valence-corrected chi connectivity index (χ0v) is 24.2. The van der Waals surface area contributed by atoms with Crippen molar-refractivity contribution in [3.05, 3.63) is 117 Å². The van der Waals surface area contributed by atoms with Crippen molar-refractivity contribution in [2.24, 2.45) is 0 Å². The zero-order valence-electron chi connectivity index (χ0n) is 23.5. The van der Waals surface area contributed by atoms with Gasteiger partial charge in [0.1, 0.15) is 17.3 Å². The molecule has 0 fully saturated rings. The highest BCUT2D eigenvalue weighted by Gasteiger charge is 2.17. The van der Waals surface area contributed by atoms with Gasteiger partial charge in [0, 0.05) is 30.8 Å². The Labute approximate surface area is 240 Å². The Bertz CT molecular complexity index is 1370. The van der Waals surface area contributed by atoms with Crippen molar-refractivity contribution in [2.75, 3.05) is 21.3 Å². The van der Waals surface area contributed by atoms with Gasteiger partial charge in [-0.25, -0.2) is 0 Å². The number of nitrogens with one attached hydrogen (secondary N) is 2. The molecule has 2 aromatic carbocycles. The molecule has 7 nitrogen and oxygen atoms in total. The average molecular weight is 563 g/mol. The van der Waals surface area contributed by atoms with Crippen LogP contribution in [0.3, 0.4) is 0 Å². The summed E-state index contributed by atoms with van der Waals surface area (Å²) in [7, 11) is 4.77. The highest BCUT2D eigenvalue weighted by molar-refractivity contribution is 6.32. The van der Waals surface area contributed by atoms with Crippen molar-refractivity contribution >= 4 is 23.4 Å². The maximum Gasteiger partial charge on any atom is 0.244 e. The molecule has 40 heavy (non-hydrogen) atoms. The van der Waals surface area contributed by atoms with E-state index in [1.807, 2.05) is 74.5 Å². The Morgan fingerprint density at radius 2 is 1.25 bits per heavy atom. The van der Waals surface area contributed by atoms with E-state index < -0.39 is 0 Å². The molecule has 210 valence electrons. The molecule has 1 aliphatic carbocycles. The number of amides is 2. The molecular formula is C32H35ClN2O5. The molecule has 2 amide bonds. The Morgan fingerprint density at radius 1 is 0.775 bits per heavy atom. The van der Waals surface area contributed by atoms with E-state index in [1.165, 1.54) is 6.08 Å². The summed E-state index contributed by atoms with van der Waals surface area (Å²) in [5, 5.41) is 6.20. The first kappa shape index (κ1) is 30.3. The van der Waals surface area contributed by atoms with Gasteiger partial charge in [-0.2, -0.15) is 0 Å². The van der Waals surface area contributed by atoms with Gasteiger partial charge in [-0.15, -0.1) is 0 Å². The number of hydrogen-bond acceptors (Lipinski definition) is 5. The molecule has 0 bridgehead atoms. The van der Waals surface area contributed by atoms with E-state index in [4.69, 9.17) is 25.8 Å². The highest BCUT2D eigenvalue weighted by atomic mass is 35.5. The molecule has 0 aromatic heterocycles. The standard InChI is InChI=1S/C32H35ClN2O5/c1-21(16-30(36)34-19-23-6-11-26(38-3)12-7-23)25-10-15-29(40-5)32(33)28(18-25)22(2)17-31(37)35-20-24-8-13-27(39-4)14-9-24/h6-9,11-18H,10,19-20H2,1-5H3,(H,34,36)(H,35,37)/b21-16-,22-17-. The predicted octanol–water partition coefficient (Wildman–Crippen LogP) is 5.88. The summed E-state index contributed by atoms with van der Waals surface area (Å²) in [4.78, 5) is 25.4. The zero-order chi connectivity index (χ0) is 29.1. The number of allylic oxidation sites excluding steroid dienone is 7. The summed E-state index contributed by atoms with van der Waals surface area (Å²) >= 11 is 6.70. The molecule has 0 atom stereocenters. The van der Waals surface area contributed by atoms with Gasteiger partial charge < -0.3 is 24.8 Å². The van der Waals surface area contributed by atoms with Crippen molar-refractivity contribution in [1.82, 2.24) is 10.6 Å². The number of methoxy groups -OCH3 is 3. The van der Waals surface area contributed by atoms with Crippen LogP contribution in [0.4, 0.5) is 0 Å².